The minimum Gasteiger partial charge on any atom is -0.493 e. The van der Waals surface area contributed by atoms with Gasteiger partial charge in [0, 0.05) is 10.9 Å². The third-order valence-corrected chi connectivity index (χ3v) is 4.08. The summed E-state index contributed by atoms with van der Waals surface area (Å²) in [6.07, 6.45) is 0. The van der Waals surface area contributed by atoms with E-state index in [9.17, 15) is 0 Å². The van der Waals surface area contributed by atoms with Gasteiger partial charge in [-0.25, -0.2) is 0 Å². The summed E-state index contributed by atoms with van der Waals surface area (Å²) in [5.41, 5.74) is 2.90. The minimum atomic E-state index is 0.460. The summed E-state index contributed by atoms with van der Waals surface area (Å²) in [6.45, 7) is 4.54. The second-order valence-corrected chi connectivity index (χ2v) is 5.42. The first-order valence-electron chi connectivity index (χ1n) is 6.90. The molecule has 0 unspecified atom stereocenters. The molecule has 0 aliphatic carbocycles. The van der Waals surface area contributed by atoms with Crippen LogP contribution in [0.4, 0.5) is 0 Å². The van der Waals surface area contributed by atoms with Crippen LogP contribution in [0.3, 0.4) is 0 Å². The van der Waals surface area contributed by atoms with Crippen molar-refractivity contribution in [1.82, 2.24) is 10.2 Å². The highest BCUT2D eigenvalue weighted by Crippen LogP contribution is 2.33. The molecular formula is C16H16N2O3S. The number of benzene rings is 1. The summed E-state index contributed by atoms with van der Waals surface area (Å²) < 4.78 is 16.6. The third-order valence-electron chi connectivity index (χ3n) is 3.22. The topological polar surface area (TPSA) is 57.4 Å². The normalized spacial score (nSPS) is 10.7. The lowest BCUT2D eigenvalue weighted by molar-refractivity contribution is 0.311. The van der Waals surface area contributed by atoms with Gasteiger partial charge in [-0.05, 0) is 43.0 Å². The summed E-state index contributed by atoms with van der Waals surface area (Å²) >= 11 is 1.62. The SMILES string of the molecule is CCOc1ccc(-c2nnc(-c3cscc3C)o2)cc1OC. The number of hydrogen-bond acceptors (Lipinski definition) is 6. The van der Waals surface area contributed by atoms with Gasteiger partial charge in [0.2, 0.25) is 11.8 Å². The molecule has 0 radical (unpaired) electrons. The smallest absolute Gasteiger partial charge is 0.249 e. The lowest BCUT2D eigenvalue weighted by atomic mass is 10.2. The van der Waals surface area contributed by atoms with E-state index in [-0.39, 0.29) is 0 Å². The predicted octanol–water partition coefficient (Wildman–Crippen LogP) is 4.18. The van der Waals surface area contributed by atoms with Crippen LogP contribution in [0.1, 0.15) is 12.5 Å². The molecule has 2 aromatic heterocycles. The van der Waals surface area contributed by atoms with Gasteiger partial charge in [0.25, 0.3) is 0 Å². The van der Waals surface area contributed by atoms with Crippen LogP contribution in [-0.2, 0) is 0 Å². The molecule has 1 aromatic carbocycles. The molecule has 0 aliphatic rings. The molecule has 0 atom stereocenters. The Bertz CT molecular complexity index is 779. The fourth-order valence-corrected chi connectivity index (χ4v) is 2.93. The standard InChI is InChI=1S/C16H16N2O3S/c1-4-20-13-6-5-11(7-14(13)19-3)15-17-18-16(21-15)12-9-22-8-10(12)2/h5-9H,4H2,1-3H3. The van der Waals surface area contributed by atoms with Gasteiger partial charge in [-0.15, -0.1) is 10.2 Å². The molecule has 0 N–H and O–H groups in total. The third kappa shape index (κ3) is 2.69. The van der Waals surface area contributed by atoms with E-state index in [1.807, 2.05) is 37.4 Å². The number of aryl methyl sites for hydroxylation is 1. The Labute approximate surface area is 132 Å². The van der Waals surface area contributed by atoms with E-state index < -0.39 is 0 Å². The van der Waals surface area contributed by atoms with Crippen LogP contribution in [0.15, 0.2) is 33.4 Å². The summed E-state index contributed by atoms with van der Waals surface area (Å²) in [7, 11) is 1.61. The van der Waals surface area contributed by atoms with Crippen molar-refractivity contribution < 1.29 is 13.9 Å². The molecule has 2 heterocycles. The summed E-state index contributed by atoms with van der Waals surface area (Å²) in [6, 6.07) is 5.56. The van der Waals surface area contributed by atoms with Crippen LogP contribution in [0.2, 0.25) is 0 Å². The van der Waals surface area contributed by atoms with E-state index in [1.165, 1.54) is 0 Å². The molecule has 5 nitrogen and oxygen atoms in total. The molecule has 0 saturated heterocycles. The van der Waals surface area contributed by atoms with E-state index >= 15 is 0 Å². The van der Waals surface area contributed by atoms with E-state index in [0.717, 1.165) is 16.7 Å². The number of methoxy groups -OCH3 is 1. The van der Waals surface area contributed by atoms with Crippen molar-refractivity contribution in [2.45, 2.75) is 13.8 Å². The average Bonchev–Trinajstić information content (AvgIpc) is 3.16. The summed E-state index contributed by atoms with van der Waals surface area (Å²) in [5.74, 6) is 2.33. The molecule has 22 heavy (non-hydrogen) atoms. The zero-order chi connectivity index (χ0) is 15.5. The van der Waals surface area contributed by atoms with Gasteiger partial charge in [0.05, 0.1) is 19.3 Å². The van der Waals surface area contributed by atoms with Crippen molar-refractivity contribution in [2.24, 2.45) is 0 Å². The van der Waals surface area contributed by atoms with Crippen molar-refractivity contribution in [1.29, 1.82) is 0 Å². The molecule has 0 bridgehead atoms. The maximum Gasteiger partial charge on any atom is 0.249 e. The molecule has 0 aliphatic heterocycles. The second kappa shape index (κ2) is 6.19. The van der Waals surface area contributed by atoms with Crippen molar-refractivity contribution >= 4 is 11.3 Å². The van der Waals surface area contributed by atoms with Gasteiger partial charge in [-0.3, -0.25) is 0 Å². The molecule has 0 spiro atoms. The van der Waals surface area contributed by atoms with Crippen LogP contribution in [0.5, 0.6) is 11.5 Å². The first-order chi connectivity index (χ1) is 10.7. The molecule has 0 fully saturated rings. The fraction of sp³-hybridized carbons (Fsp3) is 0.250. The quantitative estimate of drug-likeness (QED) is 0.706. The monoisotopic (exact) mass is 316 g/mol. The van der Waals surface area contributed by atoms with Crippen molar-refractivity contribution in [3.63, 3.8) is 0 Å². The van der Waals surface area contributed by atoms with Crippen LogP contribution in [-0.4, -0.2) is 23.9 Å². The zero-order valence-corrected chi connectivity index (χ0v) is 13.4. The lowest BCUT2D eigenvalue weighted by Gasteiger charge is -2.09. The van der Waals surface area contributed by atoms with E-state index in [2.05, 4.69) is 15.6 Å². The van der Waals surface area contributed by atoms with Crippen LogP contribution in [0, 0.1) is 6.92 Å². The molecule has 0 saturated carbocycles. The predicted molar refractivity (Wildman–Crippen MR) is 85.5 cm³/mol. The van der Waals surface area contributed by atoms with Gasteiger partial charge in [-0.2, -0.15) is 11.3 Å². The van der Waals surface area contributed by atoms with Gasteiger partial charge >= 0.3 is 0 Å². The minimum absolute atomic E-state index is 0.460. The highest BCUT2D eigenvalue weighted by Gasteiger charge is 2.15. The molecule has 6 heteroatoms. The van der Waals surface area contributed by atoms with Crippen molar-refractivity contribution in [3.05, 3.63) is 34.5 Å². The van der Waals surface area contributed by atoms with Gasteiger partial charge in [-0.1, -0.05) is 0 Å². The molecule has 114 valence electrons. The number of hydrogen-bond donors (Lipinski definition) is 0. The van der Waals surface area contributed by atoms with Crippen molar-refractivity contribution in [3.8, 4) is 34.4 Å². The number of ether oxygens (including phenoxy) is 2. The first-order valence-corrected chi connectivity index (χ1v) is 7.85. The Kier molecular flexibility index (Phi) is 4.11. The summed E-state index contributed by atoms with van der Waals surface area (Å²) in [5, 5.41) is 12.3. The molecule has 0 amide bonds. The number of aromatic nitrogens is 2. The highest BCUT2D eigenvalue weighted by molar-refractivity contribution is 7.08. The first kappa shape index (κ1) is 14.6. The Morgan fingerprint density at radius 3 is 2.64 bits per heavy atom. The van der Waals surface area contributed by atoms with Gasteiger partial charge in [0.1, 0.15) is 0 Å². The molecule has 3 rings (SSSR count). The maximum atomic E-state index is 5.78. The average molecular weight is 316 g/mol. The zero-order valence-electron chi connectivity index (χ0n) is 12.6. The lowest BCUT2D eigenvalue weighted by Crippen LogP contribution is -1.95. The van der Waals surface area contributed by atoms with E-state index in [0.29, 0.717) is 29.9 Å². The maximum absolute atomic E-state index is 5.78. The number of thiophene rings is 1. The van der Waals surface area contributed by atoms with E-state index in [4.69, 9.17) is 13.9 Å². The van der Waals surface area contributed by atoms with E-state index in [1.54, 1.807) is 18.4 Å². The largest absolute Gasteiger partial charge is 0.493 e. The van der Waals surface area contributed by atoms with Gasteiger partial charge in [0.15, 0.2) is 11.5 Å². The number of nitrogens with zero attached hydrogens (tertiary/aromatic N) is 2. The van der Waals surface area contributed by atoms with Crippen LogP contribution < -0.4 is 9.47 Å². The number of rotatable bonds is 5. The van der Waals surface area contributed by atoms with Crippen LogP contribution in [0.25, 0.3) is 22.9 Å². The Hall–Kier alpha value is -2.34. The van der Waals surface area contributed by atoms with Gasteiger partial charge < -0.3 is 13.9 Å². The Balaban J connectivity index is 1.95. The van der Waals surface area contributed by atoms with Crippen molar-refractivity contribution in [2.75, 3.05) is 13.7 Å². The van der Waals surface area contributed by atoms with Crippen LogP contribution >= 0.6 is 11.3 Å². The second-order valence-electron chi connectivity index (χ2n) is 4.68. The molecule has 3 aromatic rings. The molecular weight excluding hydrogens is 300 g/mol. The highest BCUT2D eigenvalue weighted by atomic mass is 32.1. The summed E-state index contributed by atoms with van der Waals surface area (Å²) in [4.78, 5) is 0. The Morgan fingerprint density at radius 2 is 1.95 bits per heavy atom. The fourth-order valence-electron chi connectivity index (χ4n) is 2.10. The Morgan fingerprint density at radius 1 is 1.14 bits per heavy atom.